The molecule has 0 bridgehead atoms. The highest BCUT2D eigenvalue weighted by molar-refractivity contribution is 7.99. The van der Waals surface area contributed by atoms with E-state index in [4.69, 9.17) is 5.11 Å². The van der Waals surface area contributed by atoms with Gasteiger partial charge in [0.2, 0.25) is 0 Å². The maximum atomic E-state index is 9.60. The first kappa shape index (κ1) is 10.3. The SMILES string of the molecule is CS[C@@H]1[C@H](O)[C@@H](CO)NC[C@H]1O. The van der Waals surface area contributed by atoms with Crippen molar-refractivity contribution in [1.29, 1.82) is 0 Å². The van der Waals surface area contributed by atoms with Gasteiger partial charge in [0.1, 0.15) is 0 Å². The molecule has 4 atom stereocenters. The molecule has 1 aliphatic rings. The average molecular weight is 193 g/mol. The van der Waals surface area contributed by atoms with E-state index in [2.05, 4.69) is 5.32 Å². The van der Waals surface area contributed by atoms with Crippen LogP contribution in [0.25, 0.3) is 0 Å². The lowest BCUT2D eigenvalue weighted by Gasteiger charge is -2.37. The summed E-state index contributed by atoms with van der Waals surface area (Å²) in [7, 11) is 0. The topological polar surface area (TPSA) is 72.7 Å². The van der Waals surface area contributed by atoms with Gasteiger partial charge in [0.05, 0.1) is 30.1 Å². The summed E-state index contributed by atoms with van der Waals surface area (Å²) in [5.74, 6) is 0. The van der Waals surface area contributed by atoms with Crippen LogP contribution in [0, 0.1) is 0 Å². The molecular weight excluding hydrogens is 178 g/mol. The van der Waals surface area contributed by atoms with Crippen molar-refractivity contribution in [3.63, 3.8) is 0 Å². The van der Waals surface area contributed by atoms with Crippen LogP contribution in [0.3, 0.4) is 0 Å². The van der Waals surface area contributed by atoms with E-state index in [-0.39, 0.29) is 17.9 Å². The molecule has 4 nitrogen and oxygen atoms in total. The van der Waals surface area contributed by atoms with Crippen molar-refractivity contribution in [3.05, 3.63) is 0 Å². The molecule has 0 aliphatic carbocycles. The zero-order chi connectivity index (χ0) is 9.14. The molecule has 0 amide bonds. The van der Waals surface area contributed by atoms with E-state index in [1.54, 1.807) is 0 Å². The quantitative estimate of drug-likeness (QED) is 0.425. The number of aliphatic hydroxyl groups is 3. The Balaban J connectivity index is 2.56. The van der Waals surface area contributed by atoms with E-state index in [1.807, 2.05) is 6.26 Å². The van der Waals surface area contributed by atoms with Crippen molar-refractivity contribution >= 4 is 11.8 Å². The molecule has 0 unspecified atom stereocenters. The number of piperidine rings is 1. The second-order valence-corrected chi connectivity index (χ2v) is 3.97. The van der Waals surface area contributed by atoms with E-state index >= 15 is 0 Å². The van der Waals surface area contributed by atoms with Gasteiger partial charge in [-0.15, -0.1) is 0 Å². The van der Waals surface area contributed by atoms with Crippen LogP contribution in [0.5, 0.6) is 0 Å². The third kappa shape index (κ3) is 1.92. The first-order chi connectivity index (χ1) is 5.70. The molecule has 1 rings (SSSR count). The largest absolute Gasteiger partial charge is 0.395 e. The van der Waals surface area contributed by atoms with Gasteiger partial charge in [0, 0.05) is 6.54 Å². The summed E-state index contributed by atoms with van der Waals surface area (Å²) in [4.78, 5) is 0. The summed E-state index contributed by atoms with van der Waals surface area (Å²) in [5, 5.41) is 30.5. The van der Waals surface area contributed by atoms with Gasteiger partial charge in [-0.3, -0.25) is 0 Å². The molecule has 0 radical (unpaired) electrons. The molecule has 4 N–H and O–H groups in total. The van der Waals surface area contributed by atoms with Crippen LogP contribution in [0.1, 0.15) is 0 Å². The zero-order valence-electron chi connectivity index (χ0n) is 6.97. The molecule has 0 aromatic rings. The van der Waals surface area contributed by atoms with E-state index < -0.39 is 12.2 Å². The van der Waals surface area contributed by atoms with E-state index in [0.717, 1.165) is 0 Å². The van der Waals surface area contributed by atoms with Gasteiger partial charge in [-0.05, 0) is 6.26 Å². The molecule has 1 saturated heterocycles. The Kier molecular flexibility index (Phi) is 3.79. The number of β-amino-alcohol motifs (C(OH)–C–C–N with tert-alkyl or cyclic N) is 1. The minimum absolute atomic E-state index is 0.0923. The second-order valence-electron chi connectivity index (χ2n) is 2.96. The molecule has 72 valence electrons. The van der Waals surface area contributed by atoms with Gasteiger partial charge in [-0.25, -0.2) is 0 Å². The number of thioether (sulfide) groups is 1. The molecule has 0 aromatic carbocycles. The van der Waals surface area contributed by atoms with Crippen molar-refractivity contribution < 1.29 is 15.3 Å². The van der Waals surface area contributed by atoms with Crippen LogP contribution in [-0.2, 0) is 0 Å². The van der Waals surface area contributed by atoms with Gasteiger partial charge in [0.25, 0.3) is 0 Å². The fraction of sp³-hybridized carbons (Fsp3) is 1.00. The maximum absolute atomic E-state index is 9.60. The van der Waals surface area contributed by atoms with E-state index in [0.29, 0.717) is 6.54 Å². The maximum Gasteiger partial charge on any atom is 0.0859 e. The normalized spacial score (nSPS) is 43.0. The van der Waals surface area contributed by atoms with Crippen LogP contribution in [0.4, 0.5) is 0 Å². The Morgan fingerprint density at radius 3 is 2.67 bits per heavy atom. The third-order valence-corrected chi connectivity index (χ3v) is 3.32. The average Bonchev–Trinajstić information content (AvgIpc) is 2.06. The Labute approximate surface area is 76.0 Å². The summed E-state index contributed by atoms with van der Waals surface area (Å²) < 4.78 is 0. The predicted molar refractivity (Wildman–Crippen MR) is 48.2 cm³/mol. The molecule has 1 heterocycles. The first-order valence-electron chi connectivity index (χ1n) is 3.94. The van der Waals surface area contributed by atoms with Crippen molar-refractivity contribution in [3.8, 4) is 0 Å². The minimum atomic E-state index is -0.672. The smallest absolute Gasteiger partial charge is 0.0859 e. The molecule has 0 spiro atoms. The Bertz CT molecular complexity index is 147. The number of hydrogen-bond donors (Lipinski definition) is 4. The lowest BCUT2D eigenvalue weighted by atomic mass is 9.99. The van der Waals surface area contributed by atoms with Crippen LogP contribution in [0.2, 0.25) is 0 Å². The highest BCUT2D eigenvalue weighted by Crippen LogP contribution is 2.21. The first-order valence-corrected chi connectivity index (χ1v) is 5.22. The van der Waals surface area contributed by atoms with Gasteiger partial charge in [0.15, 0.2) is 0 Å². The van der Waals surface area contributed by atoms with Crippen LogP contribution in [-0.4, -0.2) is 58.2 Å². The molecule has 1 aliphatic heterocycles. The lowest BCUT2D eigenvalue weighted by Crippen LogP contribution is -2.59. The summed E-state index contributed by atoms with van der Waals surface area (Å²) in [5.41, 5.74) is 0. The fourth-order valence-electron chi connectivity index (χ4n) is 1.43. The monoisotopic (exact) mass is 193 g/mol. The van der Waals surface area contributed by atoms with Crippen molar-refractivity contribution in [2.75, 3.05) is 19.4 Å². The van der Waals surface area contributed by atoms with Crippen molar-refractivity contribution in [1.82, 2.24) is 5.32 Å². The van der Waals surface area contributed by atoms with E-state index in [1.165, 1.54) is 11.8 Å². The Morgan fingerprint density at radius 1 is 1.50 bits per heavy atom. The van der Waals surface area contributed by atoms with Gasteiger partial charge in [-0.2, -0.15) is 11.8 Å². The van der Waals surface area contributed by atoms with Crippen LogP contribution >= 0.6 is 11.8 Å². The number of hydrogen-bond acceptors (Lipinski definition) is 5. The zero-order valence-corrected chi connectivity index (χ0v) is 7.79. The van der Waals surface area contributed by atoms with E-state index in [9.17, 15) is 10.2 Å². The van der Waals surface area contributed by atoms with Gasteiger partial charge in [-0.1, -0.05) is 0 Å². The van der Waals surface area contributed by atoms with Crippen molar-refractivity contribution in [2.24, 2.45) is 0 Å². The van der Waals surface area contributed by atoms with Crippen molar-refractivity contribution in [2.45, 2.75) is 23.5 Å². The summed E-state index contributed by atoms with van der Waals surface area (Å²) >= 11 is 1.43. The Hall–Kier alpha value is 0.190. The highest BCUT2D eigenvalue weighted by atomic mass is 32.2. The minimum Gasteiger partial charge on any atom is -0.395 e. The standard InChI is InChI=1S/C7H15NO3S/c1-12-7-5(10)2-8-4(3-9)6(7)11/h4-11H,2-3H2,1H3/t4-,5-,6-,7+/m1/s1. The number of rotatable bonds is 2. The fourth-order valence-corrected chi connectivity index (χ4v) is 2.31. The Morgan fingerprint density at radius 2 is 2.17 bits per heavy atom. The highest BCUT2D eigenvalue weighted by Gasteiger charge is 2.36. The van der Waals surface area contributed by atoms with Crippen LogP contribution < -0.4 is 5.32 Å². The van der Waals surface area contributed by atoms with Gasteiger partial charge < -0.3 is 20.6 Å². The number of nitrogens with one attached hydrogen (secondary N) is 1. The van der Waals surface area contributed by atoms with Gasteiger partial charge >= 0.3 is 0 Å². The summed E-state index contributed by atoms with van der Waals surface area (Å²) in [6.07, 6.45) is 0.642. The molecule has 5 heteroatoms. The summed E-state index contributed by atoms with van der Waals surface area (Å²) in [6.45, 7) is 0.346. The number of aliphatic hydroxyl groups excluding tert-OH is 3. The van der Waals surface area contributed by atoms with Crippen LogP contribution in [0.15, 0.2) is 0 Å². The molecule has 12 heavy (non-hydrogen) atoms. The molecule has 1 fully saturated rings. The second kappa shape index (κ2) is 4.43. The summed E-state index contributed by atoms with van der Waals surface area (Å²) in [6, 6.07) is -0.300. The lowest BCUT2D eigenvalue weighted by molar-refractivity contribution is 0.0135. The molecule has 0 aromatic heterocycles. The predicted octanol–water partition coefficient (Wildman–Crippen LogP) is -1.60. The molecular formula is C7H15NO3S. The molecule has 0 saturated carbocycles. The third-order valence-electron chi connectivity index (χ3n) is 2.19.